The number of carbonyl (C=O) groups excluding carboxylic acids is 1. The first-order valence-electron chi connectivity index (χ1n) is 5.59. The zero-order chi connectivity index (χ0) is 14.7. The van der Waals surface area contributed by atoms with Crippen molar-refractivity contribution in [1.82, 2.24) is 0 Å². The lowest BCUT2D eigenvalue weighted by Crippen LogP contribution is -2.11. The molecule has 0 saturated heterocycles. The fourth-order valence-electron chi connectivity index (χ4n) is 1.54. The Hall–Kier alpha value is -1.40. The van der Waals surface area contributed by atoms with E-state index in [9.17, 15) is 17.8 Å². The number of hydrogen-bond acceptors (Lipinski definition) is 2. The topological polar surface area (TPSA) is 34.1 Å². The summed E-state index contributed by atoms with van der Waals surface area (Å²) in [5, 5.41) is 0. The number of ketones is 1. The van der Waals surface area contributed by atoms with E-state index >= 15 is 0 Å². The molecule has 20 heavy (non-hydrogen) atoms. The van der Waals surface area contributed by atoms with Crippen molar-refractivity contribution >= 4 is 32.5 Å². The average Bonchev–Trinajstić information content (AvgIpc) is 2.42. The Morgan fingerprint density at radius 2 is 1.70 bits per heavy atom. The van der Waals surface area contributed by atoms with Crippen molar-refractivity contribution in [3.63, 3.8) is 0 Å². The van der Waals surface area contributed by atoms with Gasteiger partial charge >= 0.3 is 0 Å². The molecular formula is C14H9BrF2O2S. The number of rotatable bonds is 4. The van der Waals surface area contributed by atoms with E-state index in [1.165, 1.54) is 6.07 Å². The van der Waals surface area contributed by atoms with Gasteiger partial charge in [-0.25, -0.2) is 8.78 Å². The monoisotopic (exact) mass is 358 g/mol. The van der Waals surface area contributed by atoms with Gasteiger partial charge < -0.3 is 0 Å². The zero-order valence-electron chi connectivity index (χ0n) is 10.1. The molecule has 2 rings (SSSR count). The molecule has 0 aliphatic heterocycles. The molecule has 0 fully saturated rings. The Morgan fingerprint density at radius 1 is 1.05 bits per heavy atom. The Kier molecular flexibility index (Phi) is 4.77. The van der Waals surface area contributed by atoms with Crippen LogP contribution in [-0.4, -0.2) is 15.7 Å². The van der Waals surface area contributed by atoms with Gasteiger partial charge in [0.25, 0.3) is 0 Å². The molecule has 2 nitrogen and oxygen atoms in total. The number of carbonyl (C=O) groups is 1. The fraction of sp³-hybridized carbons (Fsp3) is 0.0714. The van der Waals surface area contributed by atoms with E-state index in [0.29, 0.717) is 5.56 Å². The van der Waals surface area contributed by atoms with E-state index in [2.05, 4.69) is 15.9 Å². The highest BCUT2D eigenvalue weighted by atomic mass is 79.9. The summed E-state index contributed by atoms with van der Waals surface area (Å²) in [7, 11) is -1.71. The molecule has 0 aliphatic rings. The van der Waals surface area contributed by atoms with Crippen LogP contribution in [0.3, 0.4) is 0 Å². The van der Waals surface area contributed by atoms with E-state index < -0.39 is 22.4 Å². The second-order valence-electron chi connectivity index (χ2n) is 4.00. The highest BCUT2D eigenvalue weighted by molar-refractivity contribution is 9.10. The third kappa shape index (κ3) is 3.58. The number of halogens is 3. The van der Waals surface area contributed by atoms with Crippen molar-refractivity contribution in [2.45, 2.75) is 4.90 Å². The highest BCUT2D eigenvalue weighted by Gasteiger charge is 2.14. The van der Waals surface area contributed by atoms with Gasteiger partial charge in [-0.1, -0.05) is 28.1 Å². The van der Waals surface area contributed by atoms with E-state index in [1.807, 2.05) is 0 Å². The number of hydrogen-bond donors (Lipinski definition) is 0. The van der Waals surface area contributed by atoms with Crippen molar-refractivity contribution in [1.29, 1.82) is 0 Å². The smallest absolute Gasteiger partial charge is 0.175 e. The van der Waals surface area contributed by atoms with E-state index in [-0.39, 0.29) is 16.4 Å². The molecule has 0 N–H and O–H groups in total. The molecule has 6 heteroatoms. The highest BCUT2D eigenvalue weighted by Crippen LogP contribution is 2.15. The summed E-state index contributed by atoms with van der Waals surface area (Å²) >= 11 is 3.25. The number of benzene rings is 2. The van der Waals surface area contributed by atoms with Gasteiger partial charge in [0.15, 0.2) is 17.4 Å². The van der Waals surface area contributed by atoms with Gasteiger partial charge in [-0.3, -0.25) is 9.00 Å². The predicted octanol–water partition coefficient (Wildman–Crippen LogP) is 3.72. The molecule has 0 heterocycles. The lowest BCUT2D eigenvalue weighted by Gasteiger charge is -2.03. The number of Topliss-reactive ketones (excluding diaryl/α,β-unsaturated/α-hetero) is 1. The molecule has 0 amide bonds. The standard InChI is InChI=1S/C14H9BrF2O2S/c15-10-3-1-9(2-4-10)14(18)8-20(19)11-5-6-12(16)13(17)7-11/h1-7H,8H2. The lowest BCUT2D eigenvalue weighted by molar-refractivity contribution is 0.102. The SMILES string of the molecule is O=C(CS(=O)c1ccc(F)c(F)c1)c1ccc(Br)cc1. The van der Waals surface area contributed by atoms with Crippen LogP contribution in [0.5, 0.6) is 0 Å². The minimum Gasteiger partial charge on any atom is -0.293 e. The predicted molar refractivity (Wildman–Crippen MR) is 76.1 cm³/mol. The Bertz CT molecular complexity index is 671. The molecule has 2 aromatic rings. The van der Waals surface area contributed by atoms with Crippen LogP contribution in [0.15, 0.2) is 51.8 Å². The van der Waals surface area contributed by atoms with Gasteiger partial charge in [-0.05, 0) is 30.3 Å². The van der Waals surface area contributed by atoms with Gasteiger partial charge in [0, 0.05) is 14.9 Å². The maximum Gasteiger partial charge on any atom is 0.175 e. The van der Waals surface area contributed by atoms with Crippen LogP contribution < -0.4 is 0 Å². The molecule has 0 radical (unpaired) electrons. The summed E-state index contributed by atoms with van der Waals surface area (Å²) in [6.45, 7) is 0. The second kappa shape index (κ2) is 6.37. The van der Waals surface area contributed by atoms with Gasteiger partial charge in [-0.15, -0.1) is 0 Å². The first kappa shape index (κ1) is 15.0. The largest absolute Gasteiger partial charge is 0.293 e. The molecule has 0 spiro atoms. The summed E-state index contributed by atoms with van der Waals surface area (Å²) in [4.78, 5) is 12.0. The second-order valence-corrected chi connectivity index (χ2v) is 6.36. The quantitative estimate of drug-likeness (QED) is 0.780. The van der Waals surface area contributed by atoms with Crippen LogP contribution in [0.4, 0.5) is 8.78 Å². The summed E-state index contributed by atoms with van der Waals surface area (Å²) < 4.78 is 38.6. The van der Waals surface area contributed by atoms with Crippen LogP contribution in [0, 0.1) is 11.6 Å². The molecule has 0 aromatic heterocycles. The third-order valence-corrected chi connectivity index (χ3v) is 4.42. The van der Waals surface area contributed by atoms with Gasteiger partial charge in [0.2, 0.25) is 0 Å². The average molecular weight is 359 g/mol. The lowest BCUT2D eigenvalue weighted by atomic mass is 10.2. The van der Waals surface area contributed by atoms with Gasteiger partial charge in [0.05, 0.1) is 16.6 Å². The molecule has 1 atom stereocenters. The minimum absolute atomic E-state index is 0.0920. The minimum atomic E-state index is -1.71. The Morgan fingerprint density at radius 3 is 2.30 bits per heavy atom. The van der Waals surface area contributed by atoms with Crippen LogP contribution in [0.25, 0.3) is 0 Å². The van der Waals surface area contributed by atoms with Crippen molar-refractivity contribution in [3.05, 3.63) is 64.1 Å². The third-order valence-electron chi connectivity index (χ3n) is 2.58. The van der Waals surface area contributed by atoms with Crippen LogP contribution in [0.2, 0.25) is 0 Å². The van der Waals surface area contributed by atoms with Crippen LogP contribution >= 0.6 is 15.9 Å². The van der Waals surface area contributed by atoms with Gasteiger partial charge in [-0.2, -0.15) is 0 Å². The maximum atomic E-state index is 13.0. The molecule has 1 unspecified atom stereocenters. The molecule has 0 saturated carbocycles. The van der Waals surface area contributed by atoms with Crippen LogP contribution in [-0.2, 0) is 10.8 Å². The van der Waals surface area contributed by atoms with Crippen molar-refractivity contribution < 1.29 is 17.8 Å². The first-order valence-corrected chi connectivity index (χ1v) is 7.71. The van der Waals surface area contributed by atoms with Crippen molar-refractivity contribution in [2.75, 3.05) is 5.75 Å². The molecule has 0 bridgehead atoms. The van der Waals surface area contributed by atoms with E-state index in [4.69, 9.17) is 0 Å². The molecule has 104 valence electrons. The first-order chi connectivity index (χ1) is 9.47. The normalized spacial score (nSPS) is 12.2. The zero-order valence-corrected chi connectivity index (χ0v) is 12.5. The van der Waals surface area contributed by atoms with Crippen molar-refractivity contribution in [3.8, 4) is 0 Å². The Balaban J connectivity index is 2.13. The van der Waals surface area contributed by atoms with E-state index in [0.717, 1.165) is 16.6 Å². The summed E-state index contributed by atoms with van der Waals surface area (Å²) in [6.07, 6.45) is 0. The molecular weight excluding hydrogens is 350 g/mol. The fourth-order valence-corrected chi connectivity index (χ4v) is 2.83. The van der Waals surface area contributed by atoms with Crippen molar-refractivity contribution in [2.24, 2.45) is 0 Å². The van der Waals surface area contributed by atoms with E-state index in [1.54, 1.807) is 24.3 Å². The summed E-state index contributed by atoms with van der Waals surface area (Å²) in [5.41, 5.74) is 0.420. The molecule has 2 aromatic carbocycles. The summed E-state index contributed by atoms with van der Waals surface area (Å²) in [6, 6.07) is 9.57. The van der Waals surface area contributed by atoms with Gasteiger partial charge in [0.1, 0.15) is 0 Å². The molecule has 0 aliphatic carbocycles. The van der Waals surface area contributed by atoms with Crippen LogP contribution in [0.1, 0.15) is 10.4 Å². The Labute approximate surface area is 125 Å². The maximum absolute atomic E-state index is 13.0. The summed E-state index contributed by atoms with van der Waals surface area (Å²) in [5.74, 6) is -2.68.